The molecule has 3 N–H and O–H groups in total. The molecule has 7 nitrogen and oxygen atoms in total. The van der Waals surface area contributed by atoms with Gasteiger partial charge in [-0.2, -0.15) is 0 Å². The van der Waals surface area contributed by atoms with Crippen molar-refractivity contribution in [2.45, 2.75) is 70.9 Å². The van der Waals surface area contributed by atoms with Crippen LogP contribution in [0.3, 0.4) is 0 Å². The van der Waals surface area contributed by atoms with Gasteiger partial charge in [-0.05, 0) is 49.5 Å². The molecule has 2 fully saturated rings. The van der Waals surface area contributed by atoms with Crippen molar-refractivity contribution in [2.24, 2.45) is 23.7 Å². The lowest BCUT2D eigenvalue weighted by Gasteiger charge is -2.27. The van der Waals surface area contributed by atoms with Crippen molar-refractivity contribution < 1.29 is 19.2 Å². The summed E-state index contributed by atoms with van der Waals surface area (Å²) < 4.78 is 0. The Kier molecular flexibility index (Phi) is 9.03. The normalized spacial score (nSPS) is 29.4. The number of hydrogen-bond donors (Lipinski definition) is 3. The summed E-state index contributed by atoms with van der Waals surface area (Å²) in [5.41, 5.74) is 1.09. The maximum absolute atomic E-state index is 13.3. The van der Waals surface area contributed by atoms with Gasteiger partial charge in [-0.3, -0.25) is 14.4 Å². The summed E-state index contributed by atoms with van der Waals surface area (Å²) in [4.78, 5) is 50.5. The van der Waals surface area contributed by atoms with Gasteiger partial charge in [0, 0.05) is 18.4 Å². The van der Waals surface area contributed by atoms with Crippen molar-refractivity contribution in [3.8, 4) is 0 Å². The van der Waals surface area contributed by atoms with Crippen molar-refractivity contribution in [3.63, 3.8) is 0 Å². The van der Waals surface area contributed by atoms with Gasteiger partial charge in [0.1, 0.15) is 12.3 Å². The van der Waals surface area contributed by atoms with E-state index in [1.54, 1.807) is 0 Å². The van der Waals surface area contributed by atoms with E-state index in [2.05, 4.69) is 16.0 Å². The molecule has 180 valence electrons. The first kappa shape index (κ1) is 24.9. The van der Waals surface area contributed by atoms with Crippen LogP contribution in [-0.2, 0) is 25.6 Å². The second-order valence-corrected chi connectivity index (χ2v) is 9.96. The smallest absolute Gasteiger partial charge is 0.243 e. The maximum Gasteiger partial charge on any atom is 0.243 e. The van der Waals surface area contributed by atoms with E-state index in [0.717, 1.165) is 31.2 Å². The Morgan fingerprint density at radius 3 is 2.39 bits per heavy atom. The molecule has 1 unspecified atom stereocenters. The van der Waals surface area contributed by atoms with E-state index < -0.39 is 12.1 Å². The largest absolute Gasteiger partial charge is 0.356 e. The molecule has 2 saturated heterocycles. The first-order chi connectivity index (χ1) is 15.9. The van der Waals surface area contributed by atoms with Crippen molar-refractivity contribution in [2.75, 3.05) is 6.54 Å². The minimum absolute atomic E-state index is 0.0396. The predicted octanol–water partition coefficient (Wildman–Crippen LogP) is 2.39. The second-order valence-electron chi connectivity index (χ2n) is 9.96. The average Bonchev–Trinajstić information content (AvgIpc) is 3.13. The summed E-state index contributed by atoms with van der Waals surface area (Å²) in [6.07, 6.45) is 5.48. The molecule has 0 saturated carbocycles. The van der Waals surface area contributed by atoms with Gasteiger partial charge in [0.25, 0.3) is 0 Å². The minimum Gasteiger partial charge on any atom is -0.356 e. The summed E-state index contributed by atoms with van der Waals surface area (Å²) in [5.74, 6) is -0.697. The van der Waals surface area contributed by atoms with E-state index in [-0.39, 0.29) is 41.4 Å². The van der Waals surface area contributed by atoms with Gasteiger partial charge in [-0.25, -0.2) is 0 Å². The Morgan fingerprint density at radius 2 is 1.70 bits per heavy atom. The van der Waals surface area contributed by atoms with E-state index in [4.69, 9.17) is 0 Å². The minimum atomic E-state index is -0.747. The van der Waals surface area contributed by atoms with Crippen molar-refractivity contribution in [1.29, 1.82) is 0 Å². The van der Waals surface area contributed by atoms with Crippen LogP contribution in [0.2, 0.25) is 0 Å². The summed E-state index contributed by atoms with van der Waals surface area (Å²) in [6.45, 7) is 4.60. The van der Waals surface area contributed by atoms with Crippen LogP contribution in [0.1, 0.15) is 57.9 Å². The molecule has 0 spiro atoms. The highest BCUT2D eigenvalue weighted by molar-refractivity contribution is 5.90. The average molecular weight is 456 g/mol. The zero-order chi connectivity index (χ0) is 23.8. The van der Waals surface area contributed by atoms with Crippen LogP contribution >= 0.6 is 0 Å². The zero-order valence-electron chi connectivity index (χ0n) is 19.7. The summed E-state index contributed by atoms with van der Waals surface area (Å²) in [5, 5.41) is 8.69. The van der Waals surface area contributed by atoms with E-state index >= 15 is 0 Å². The fourth-order valence-corrected chi connectivity index (χ4v) is 5.04. The highest BCUT2D eigenvalue weighted by Crippen LogP contribution is 2.29. The SMILES string of the molecule is CC(C)CC1NC(=O)[C@@H](Cc2ccccc2)CCCC[C@H]2CNC(=O)[C@@H]2C[C@@H](C=O)NC1=O. The highest BCUT2D eigenvalue weighted by atomic mass is 16.2. The molecule has 0 bridgehead atoms. The van der Waals surface area contributed by atoms with Gasteiger partial charge in [0.05, 0.1) is 6.04 Å². The number of amides is 3. The van der Waals surface area contributed by atoms with E-state index in [1.165, 1.54) is 0 Å². The third-order valence-corrected chi connectivity index (χ3v) is 6.86. The Bertz CT molecular complexity index is 826. The van der Waals surface area contributed by atoms with Gasteiger partial charge < -0.3 is 20.7 Å². The Morgan fingerprint density at radius 1 is 0.970 bits per heavy atom. The lowest BCUT2D eigenvalue weighted by Crippen LogP contribution is -2.52. The van der Waals surface area contributed by atoms with E-state index in [9.17, 15) is 19.2 Å². The van der Waals surface area contributed by atoms with Crippen molar-refractivity contribution in [1.82, 2.24) is 16.0 Å². The topological polar surface area (TPSA) is 104 Å². The van der Waals surface area contributed by atoms with Crippen LogP contribution in [-0.4, -0.2) is 42.6 Å². The summed E-state index contributed by atoms with van der Waals surface area (Å²) in [6, 6.07) is 8.47. The molecule has 33 heavy (non-hydrogen) atoms. The molecule has 1 aromatic carbocycles. The van der Waals surface area contributed by atoms with Gasteiger partial charge in [0.15, 0.2) is 0 Å². The molecule has 2 aliphatic heterocycles. The molecule has 0 radical (unpaired) electrons. The van der Waals surface area contributed by atoms with Crippen LogP contribution in [0.25, 0.3) is 0 Å². The second kappa shape index (κ2) is 12.0. The molecule has 3 rings (SSSR count). The van der Waals surface area contributed by atoms with Crippen molar-refractivity contribution >= 4 is 24.0 Å². The van der Waals surface area contributed by atoms with Gasteiger partial charge in [0.2, 0.25) is 17.7 Å². The van der Waals surface area contributed by atoms with Crippen LogP contribution in [0, 0.1) is 23.7 Å². The Balaban J connectivity index is 1.82. The standard InChI is InChI=1S/C26H37N3O4/c1-17(2)12-23-26(33)28-21(16-30)14-22-20(15-27-25(22)32)11-7-6-10-19(24(31)29-23)13-18-8-4-3-5-9-18/h3-5,8-9,16-17,19-23H,6-7,10-15H2,1-2H3,(H,27,32)(H,28,33)(H,29,31)/t19-,20+,21+,22-,23?/m1/s1. The fraction of sp³-hybridized carbons (Fsp3) is 0.615. The zero-order valence-corrected chi connectivity index (χ0v) is 19.7. The number of carbonyl (C=O) groups excluding carboxylic acids is 4. The van der Waals surface area contributed by atoms with Crippen LogP contribution in [0.15, 0.2) is 30.3 Å². The number of nitrogens with one attached hydrogen (secondary N) is 3. The number of aldehydes is 1. The number of fused-ring (bicyclic) bond motifs is 1. The lowest BCUT2D eigenvalue weighted by atomic mass is 9.84. The first-order valence-electron chi connectivity index (χ1n) is 12.2. The summed E-state index contributed by atoms with van der Waals surface area (Å²) >= 11 is 0. The van der Waals surface area contributed by atoms with Gasteiger partial charge in [-0.1, -0.05) is 57.0 Å². The molecular weight excluding hydrogens is 418 g/mol. The Hall–Kier alpha value is -2.70. The number of hydrogen-bond acceptors (Lipinski definition) is 4. The van der Waals surface area contributed by atoms with E-state index in [1.807, 2.05) is 44.2 Å². The molecule has 3 amide bonds. The Labute approximate surface area is 196 Å². The first-order valence-corrected chi connectivity index (χ1v) is 12.2. The lowest BCUT2D eigenvalue weighted by molar-refractivity contribution is -0.132. The van der Waals surface area contributed by atoms with E-state index in [0.29, 0.717) is 32.1 Å². The molecule has 2 aliphatic rings. The van der Waals surface area contributed by atoms with Crippen molar-refractivity contribution in [3.05, 3.63) is 35.9 Å². The third kappa shape index (κ3) is 7.14. The molecular formula is C26H37N3O4. The van der Waals surface area contributed by atoms with Gasteiger partial charge in [-0.15, -0.1) is 0 Å². The molecule has 2 heterocycles. The van der Waals surface area contributed by atoms with Crippen LogP contribution in [0.4, 0.5) is 0 Å². The maximum atomic E-state index is 13.3. The number of rotatable bonds is 5. The molecule has 5 atom stereocenters. The monoisotopic (exact) mass is 455 g/mol. The predicted molar refractivity (Wildman–Crippen MR) is 126 cm³/mol. The summed E-state index contributed by atoms with van der Waals surface area (Å²) in [7, 11) is 0. The van der Waals surface area contributed by atoms with Crippen LogP contribution < -0.4 is 16.0 Å². The molecule has 0 aromatic heterocycles. The fourth-order valence-electron chi connectivity index (χ4n) is 5.04. The quantitative estimate of drug-likeness (QED) is 0.593. The molecule has 0 aliphatic carbocycles. The van der Waals surface area contributed by atoms with Gasteiger partial charge >= 0.3 is 0 Å². The van der Waals surface area contributed by atoms with Crippen LogP contribution in [0.5, 0.6) is 0 Å². The third-order valence-electron chi connectivity index (χ3n) is 6.86. The molecule has 7 heteroatoms. The number of benzene rings is 1. The molecule has 1 aromatic rings. The number of carbonyl (C=O) groups is 4. The highest BCUT2D eigenvalue weighted by Gasteiger charge is 2.37.